The Bertz CT molecular complexity index is 859. The molecule has 0 spiro atoms. The molecular formula is C19H20N4O3S. The second-order valence-corrected chi connectivity index (χ2v) is 7.81. The summed E-state index contributed by atoms with van der Waals surface area (Å²) in [6.07, 6.45) is 3.58. The number of nitrogens with zero attached hydrogens (tertiary/aromatic N) is 2. The van der Waals surface area contributed by atoms with Crippen molar-refractivity contribution in [2.75, 3.05) is 11.9 Å². The van der Waals surface area contributed by atoms with E-state index in [1.54, 1.807) is 0 Å². The number of aromatic nitrogens is 1. The van der Waals surface area contributed by atoms with E-state index in [1.807, 2.05) is 30.3 Å². The molecule has 2 N–H and O–H groups in total. The molecule has 4 rings (SSSR count). The average molecular weight is 384 g/mol. The second kappa shape index (κ2) is 7.48. The van der Waals surface area contributed by atoms with Crippen LogP contribution in [0.1, 0.15) is 29.0 Å². The lowest BCUT2D eigenvalue weighted by Crippen LogP contribution is -2.34. The lowest BCUT2D eigenvalue weighted by molar-refractivity contribution is -0.129. The second-order valence-electron chi connectivity index (χ2n) is 6.72. The lowest BCUT2D eigenvalue weighted by Gasteiger charge is -2.12. The van der Waals surface area contributed by atoms with Crippen LogP contribution in [0, 0.1) is 0 Å². The Hall–Kier alpha value is -2.74. The zero-order valence-corrected chi connectivity index (χ0v) is 15.6. The summed E-state index contributed by atoms with van der Waals surface area (Å²) in [6, 6.07) is 8.40. The van der Waals surface area contributed by atoms with Crippen LogP contribution in [-0.4, -0.2) is 40.3 Å². The van der Waals surface area contributed by atoms with Crippen molar-refractivity contribution in [1.29, 1.82) is 0 Å². The van der Waals surface area contributed by atoms with Gasteiger partial charge in [0.2, 0.25) is 5.91 Å². The van der Waals surface area contributed by atoms with Crippen LogP contribution < -0.4 is 10.6 Å². The van der Waals surface area contributed by atoms with Gasteiger partial charge in [-0.1, -0.05) is 30.3 Å². The molecule has 1 aromatic carbocycles. The molecule has 0 bridgehead atoms. The van der Waals surface area contributed by atoms with Crippen LogP contribution in [0.3, 0.4) is 0 Å². The number of fused-ring (bicyclic) bond motifs is 1. The average Bonchev–Trinajstić information content (AvgIpc) is 3.29. The first kappa shape index (κ1) is 17.7. The molecule has 0 saturated carbocycles. The Morgan fingerprint density at radius 2 is 2.07 bits per heavy atom. The fourth-order valence-corrected chi connectivity index (χ4v) is 4.48. The van der Waals surface area contributed by atoms with Gasteiger partial charge in [0.25, 0.3) is 5.91 Å². The normalized spacial score (nSPS) is 18.5. The van der Waals surface area contributed by atoms with Crippen LogP contribution in [-0.2, 0) is 28.9 Å². The summed E-state index contributed by atoms with van der Waals surface area (Å²) >= 11 is 1.49. The SMILES string of the molecule is O=C(C[C@@H]1NC(=O)N(CCc2ccccc2)C1=O)Nc1nc2c(s1)CCC2. The van der Waals surface area contributed by atoms with E-state index in [0.717, 1.165) is 30.5 Å². The Kier molecular flexibility index (Phi) is 4.89. The molecule has 140 valence electrons. The molecule has 1 atom stereocenters. The Morgan fingerprint density at radius 3 is 2.85 bits per heavy atom. The van der Waals surface area contributed by atoms with Crippen molar-refractivity contribution in [3.8, 4) is 0 Å². The highest BCUT2D eigenvalue weighted by atomic mass is 32.1. The summed E-state index contributed by atoms with van der Waals surface area (Å²) < 4.78 is 0. The number of thiazole rings is 1. The van der Waals surface area contributed by atoms with Crippen molar-refractivity contribution in [3.63, 3.8) is 0 Å². The number of benzene rings is 1. The largest absolute Gasteiger partial charge is 0.325 e. The van der Waals surface area contributed by atoms with E-state index in [-0.39, 0.29) is 18.2 Å². The van der Waals surface area contributed by atoms with Crippen molar-refractivity contribution in [1.82, 2.24) is 15.2 Å². The summed E-state index contributed by atoms with van der Waals surface area (Å²) in [6.45, 7) is 0.298. The summed E-state index contributed by atoms with van der Waals surface area (Å²) in [5, 5.41) is 5.93. The van der Waals surface area contributed by atoms with E-state index < -0.39 is 12.1 Å². The van der Waals surface area contributed by atoms with Crippen molar-refractivity contribution >= 4 is 34.3 Å². The number of aryl methyl sites for hydroxylation is 2. The van der Waals surface area contributed by atoms with Gasteiger partial charge in [0.1, 0.15) is 6.04 Å². The number of rotatable bonds is 6. The standard InChI is InChI=1S/C19H20N4O3S/c24-16(22-18-20-13-7-4-8-15(13)27-18)11-14-17(25)23(19(26)21-14)10-9-12-5-2-1-3-6-12/h1-3,5-6,14H,4,7-11H2,(H,21,26)(H,20,22,24)/t14-/m0/s1. The maximum absolute atomic E-state index is 12.5. The molecule has 2 aliphatic rings. The molecule has 2 aromatic rings. The van der Waals surface area contributed by atoms with Gasteiger partial charge in [0.05, 0.1) is 12.1 Å². The number of carbonyl (C=O) groups excluding carboxylic acids is 3. The number of hydrogen-bond donors (Lipinski definition) is 2. The first-order valence-electron chi connectivity index (χ1n) is 9.04. The predicted molar refractivity (Wildman–Crippen MR) is 102 cm³/mol. The molecule has 8 heteroatoms. The third kappa shape index (κ3) is 3.85. The van der Waals surface area contributed by atoms with Gasteiger partial charge < -0.3 is 10.6 Å². The van der Waals surface area contributed by atoms with Gasteiger partial charge in [-0.25, -0.2) is 9.78 Å². The van der Waals surface area contributed by atoms with Gasteiger partial charge in [-0.15, -0.1) is 11.3 Å². The van der Waals surface area contributed by atoms with E-state index in [9.17, 15) is 14.4 Å². The molecule has 1 fully saturated rings. The zero-order chi connectivity index (χ0) is 18.8. The Balaban J connectivity index is 1.31. The Labute approximate surface area is 160 Å². The van der Waals surface area contributed by atoms with Crippen LogP contribution >= 0.6 is 11.3 Å². The highest BCUT2D eigenvalue weighted by Crippen LogP contribution is 2.30. The number of urea groups is 1. The summed E-state index contributed by atoms with van der Waals surface area (Å²) in [7, 11) is 0. The Morgan fingerprint density at radius 1 is 1.26 bits per heavy atom. The van der Waals surface area contributed by atoms with Gasteiger partial charge >= 0.3 is 6.03 Å². The number of hydrogen-bond acceptors (Lipinski definition) is 5. The molecular weight excluding hydrogens is 364 g/mol. The third-order valence-electron chi connectivity index (χ3n) is 4.81. The van der Waals surface area contributed by atoms with Gasteiger partial charge in [0, 0.05) is 11.4 Å². The highest BCUT2D eigenvalue weighted by Gasteiger charge is 2.38. The van der Waals surface area contributed by atoms with E-state index in [2.05, 4.69) is 15.6 Å². The minimum Gasteiger partial charge on any atom is -0.325 e. The summed E-state index contributed by atoms with van der Waals surface area (Å²) in [5.74, 6) is -0.668. The number of amides is 4. The minimum absolute atomic E-state index is 0.0866. The van der Waals surface area contributed by atoms with Gasteiger partial charge in [-0.3, -0.25) is 14.5 Å². The molecule has 0 radical (unpaired) electrons. The molecule has 7 nitrogen and oxygen atoms in total. The molecule has 2 heterocycles. The minimum atomic E-state index is -0.819. The first-order valence-corrected chi connectivity index (χ1v) is 9.86. The van der Waals surface area contributed by atoms with Crippen molar-refractivity contribution in [2.24, 2.45) is 0 Å². The van der Waals surface area contributed by atoms with E-state index in [0.29, 0.717) is 18.1 Å². The molecule has 4 amide bonds. The van der Waals surface area contributed by atoms with Gasteiger partial charge in [-0.05, 0) is 31.2 Å². The first-order chi connectivity index (χ1) is 13.1. The zero-order valence-electron chi connectivity index (χ0n) is 14.7. The van der Waals surface area contributed by atoms with Crippen LogP contribution in [0.5, 0.6) is 0 Å². The van der Waals surface area contributed by atoms with E-state index >= 15 is 0 Å². The maximum Gasteiger partial charge on any atom is 0.324 e. The monoisotopic (exact) mass is 384 g/mol. The number of nitrogens with one attached hydrogen (secondary N) is 2. The number of anilines is 1. The fraction of sp³-hybridized carbons (Fsp3) is 0.368. The molecule has 1 aliphatic heterocycles. The fourth-order valence-electron chi connectivity index (χ4n) is 3.41. The van der Waals surface area contributed by atoms with Crippen LogP contribution in [0.4, 0.5) is 9.93 Å². The van der Waals surface area contributed by atoms with Gasteiger partial charge in [0.15, 0.2) is 5.13 Å². The highest BCUT2D eigenvalue weighted by molar-refractivity contribution is 7.15. The summed E-state index contributed by atoms with van der Waals surface area (Å²) in [5.41, 5.74) is 2.11. The summed E-state index contributed by atoms with van der Waals surface area (Å²) in [4.78, 5) is 43.7. The maximum atomic E-state index is 12.5. The molecule has 1 aromatic heterocycles. The molecule has 1 saturated heterocycles. The topological polar surface area (TPSA) is 91.4 Å². The van der Waals surface area contributed by atoms with Gasteiger partial charge in [-0.2, -0.15) is 0 Å². The molecule has 27 heavy (non-hydrogen) atoms. The lowest BCUT2D eigenvalue weighted by atomic mass is 10.1. The number of carbonyl (C=O) groups is 3. The van der Waals surface area contributed by atoms with Crippen molar-refractivity contribution in [3.05, 3.63) is 46.5 Å². The predicted octanol–water partition coefficient (Wildman–Crippen LogP) is 2.12. The molecule has 1 aliphatic carbocycles. The molecule has 0 unspecified atom stereocenters. The smallest absolute Gasteiger partial charge is 0.324 e. The van der Waals surface area contributed by atoms with Crippen molar-refractivity contribution < 1.29 is 14.4 Å². The number of imide groups is 1. The van der Waals surface area contributed by atoms with E-state index in [1.165, 1.54) is 21.1 Å². The van der Waals surface area contributed by atoms with Crippen LogP contribution in [0.2, 0.25) is 0 Å². The van der Waals surface area contributed by atoms with E-state index in [4.69, 9.17) is 0 Å². The third-order valence-corrected chi connectivity index (χ3v) is 5.88. The van der Waals surface area contributed by atoms with Crippen LogP contribution in [0.15, 0.2) is 30.3 Å². The van der Waals surface area contributed by atoms with Crippen LogP contribution in [0.25, 0.3) is 0 Å². The quantitative estimate of drug-likeness (QED) is 0.747. The van der Waals surface area contributed by atoms with Crippen molar-refractivity contribution in [2.45, 2.75) is 38.1 Å².